The molecule has 0 spiro atoms. The minimum atomic E-state index is -0.647. The van der Waals surface area contributed by atoms with Crippen molar-refractivity contribution in [2.75, 3.05) is 24.6 Å². The zero-order valence-corrected chi connectivity index (χ0v) is 20.9. The lowest BCUT2D eigenvalue weighted by Gasteiger charge is -2.33. The van der Waals surface area contributed by atoms with Crippen molar-refractivity contribution >= 4 is 23.9 Å². The Kier molecular flexibility index (Phi) is 9.85. The molecule has 1 fully saturated rings. The van der Waals surface area contributed by atoms with Crippen LogP contribution in [0.4, 0.5) is 5.69 Å². The number of carbonyl (C=O) groups excluding carboxylic acids is 3. The molecule has 1 aliphatic rings. The first-order chi connectivity index (χ1) is 17.0. The number of rotatable bonds is 11. The molecule has 2 unspecified atom stereocenters. The van der Waals surface area contributed by atoms with Gasteiger partial charge in [-0.2, -0.15) is 0 Å². The predicted molar refractivity (Wildman–Crippen MR) is 136 cm³/mol. The first kappa shape index (κ1) is 26.4. The maximum absolute atomic E-state index is 12.3. The topological polar surface area (TPSA) is 84.9 Å². The molecular formula is C28H36N2O5. The molecule has 0 aliphatic carbocycles. The number of para-hydroxylation sites is 1. The second-order valence-electron chi connectivity index (χ2n) is 8.80. The highest BCUT2D eigenvalue weighted by Crippen LogP contribution is 2.33. The van der Waals surface area contributed by atoms with Crippen LogP contribution in [0.2, 0.25) is 0 Å². The third-order valence-electron chi connectivity index (χ3n) is 6.22. The summed E-state index contributed by atoms with van der Waals surface area (Å²) in [7, 11) is 0. The van der Waals surface area contributed by atoms with Crippen molar-refractivity contribution in [1.82, 2.24) is 5.32 Å². The lowest BCUT2D eigenvalue weighted by atomic mass is 9.96. The summed E-state index contributed by atoms with van der Waals surface area (Å²) in [5.74, 6) is -1.05. The Hall–Kier alpha value is -3.19. The summed E-state index contributed by atoms with van der Waals surface area (Å²) in [6.45, 7) is 7.38. The van der Waals surface area contributed by atoms with Crippen molar-refractivity contribution in [3.8, 4) is 5.75 Å². The Morgan fingerprint density at radius 1 is 1.09 bits per heavy atom. The standard InChI is InChI=1S/C28H36N2O5/c1-4-11-24(22-12-7-8-13-26(22)30-16-9-6-10-17-30)29-25(19-31)21-14-15-23(28(33)34-5-2)27(18-21)35-20(3)32/h7-8,12-15,18-19,24-25,29H,4-6,9-11,16-17H2,1-3H3. The van der Waals surface area contributed by atoms with E-state index in [0.29, 0.717) is 5.56 Å². The summed E-state index contributed by atoms with van der Waals surface area (Å²) in [4.78, 5) is 38.7. The number of benzene rings is 2. The van der Waals surface area contributed by atoms with Crippen molar-refractivity contribution < 1.29 is 23.9 Å². The van der Waals surface area contributed by atoms with Crippen LogP contribution < -0.4 is 15.0 Å². The fourth-order valence-electron chi connectivity index (χ4n) is 4.60. The third kappa shape index (κ3) is 6.92. The van der Waals surface area contributed by atoms with E-state index in [4.69, 9.17) is 9.47 Å². The highest BCUT2D eigenvalue weighted by molar-refractivity contribution is 5.93. The van der Waals surface area contributed by atoms with Gasteiger partial charge in [0.2, 0.25) is 0 Å². The quantitative estimate of drug-likeness (QED) is 0.270. The van der Waals surface area contributed by atoms with Gasteiger partial charge in [0.1, 0.15) is 17.6 Å². The second-order valence-corrected chi connectivity index (χ2v) is 8.80. The molecule has 3 rings (SSSR count). The van der Waals surface area contributed by atoms with E-state index < -0.39 is 18.0 Å². The van der Waals surface area contributed by atoms with Gasteiger partial charge >= 0.3 is 11.9 Å². The molecule has 2 atom stereocenters. The Morgan fingerprint density at radius 2 is 1.83 bits per heavy atom. The Balaban J connectivity index is 1.92. The number of aldehydes is 1. The maximum atomic E-state index is 12.3. The zero-order valence-electron chi connectivity index (χ0n) is 20.9. The van der Waals surface area contributed by atoms with Crippen LogP contribution in [-0.2, 0) is 14.3 Å². The molecule has 2 aromatic rings. The van der Waals surface area contributed by atoms with E-state index >= 15 is 0 Å². The van der Waals surface area contributed by atoms with Crippen molar-refractivity contribution in [2.45, 2.75) is 65.0 Å². The van der Waals surface area contributed by atoms with Gasteiger partial charge in [-0.1, -0.05) is 37.6 Å². The Morgan fingerprint density at radius 3 is 2.49 bits per heavy atom. The van der Waals surface area contributed by atoms with Gasteiger partial charge in [-0.25, -0.2) is 4.79 Å². The van der Waals surface area contributed by atoms with E-state index in [2.05, 4.69) is 35.3 Å². The summed E-state index contributed by atoms with van der Waals surface area (Å²) in [6.07, 6.45) is 6.27. The van der Waals surface area contributed by atoms with Crippen molar-refractivity contribution in [3.63, 3.8) is 0 Å². The maximum Gasteiger partial charge on any atom is 0.341 e. The number of nitrogens with zero attached hydrogens (tertiary/aromatic N) is 1. The molecule has 1 heterocycles. The van der Waals surface area contributed by atoms with Crippen LogP contribution in [0.1, 0.15) is 86.4 Å². The van der Waals surface area contributed by atoms with E-state index in [1.54, 1.807) is 25.1 Å². The van der Waals surface area contributed by atoms with E-state index in [0.717, 1.165) is 32.2 Å². The fraction of sp³-hybridized carbons (Fsp3) is 0.464. The minimum Gasteiger partial charge on any atom is -0.462 e. The van der Waals surface area contributed by atoms with Gasteiger partial charge < -0.3 is 19.2 Å². The molecule has 0 radical (unpaired) electrons. The van der Waals surface area contributed by atoms with Crippen LogP contribution >= 0.6 is 0 Å². The van der Waals surface area contributed by atoms with Crippen LogP contribution in [0, 0.1) is 0 Å². The molecule has 7 heteroatoms. The number of nitrogens with one attached hydrogen (secondary N) is 1. The molecule has 0 aromatic heterocycles. The summed E-state index contributed by atoms with van der Waals surface area (Å²) in [5, 5.41) is 3.52. The van der Waals surface area contributed by atoms with E-state index in [1.165, 1.54) is 37.4 Å². The van der Waals surface area contributed by atoms with Crippen molar-refractivity contribution in [3.05, 3.63) is 59.2 Å². The molecule has 35 heavy (non-hydrogen) atoms. The van der Waals surface area contributed by atoms with Gasteiger partial charge in [0, 0.05) is 31.7 Å². The number of carbonyl (C=O) groups is 3. The first-order valence-electron chi connectivity index (χ1n) is 12.5. The average molecular weight is 481 g/mol. The first-order valence-corrected chi connectivity index (χ1v) is 12.5. The molecule has 1 aliphatic heterocycles. The van der Waals surface area contributed by atoms with Crippen LogP contribution in [0.25, 0.3) is 0 Å². The normalized spacial score (nSPS) is 15.2. The zero-order chi connectivity index (χ0) is 25.2. The smallest absolute Gasteiger partial charge is 0.341 e. The molecule has 188 valence electrons. The monoisotopic (exact) mass is 480 g/mol. The van der Waals surface area contributed by atoms with Crippen LogP contribution in [-0.4, -0.2) is 37.9 Å². The lowest BCUT2D eigenvalue weighted by molar-refractivity contribution is -0.131. The van der Waals surface area contributed by atoms with Gasteiger partial charge in [0.15, 0.2) is 0 Å². The SMILES string of the molecule is CCCC(NC(C=O)c1ccc(C(=O)OCC)c(OC(C)=O)c1)c1ccccc1N1CCCCC1. The molecule has 0 saturated carbocycles. The molecule has 7 nitrogen and oxygen atoms in total. The van der Waals surface area contributed by atoms with Gasteiger partial charge in [-0.15, -0.1) is 0 Å². The highest BCUT2D eigenvalue weighted by Gasteiger charge is 2.24. The Bertz CT molecular complexity index is 1020. The van der Waals surface area contributed by atoms with Gasteiger partial charge in [-0.05, 0) is 61.9 Å². The molecule has 1 saturated heterocycles. The number of ether oxygens (including phenoxy) is 2. The predicted octanol–water partition coefficient (Wildman–Crippen LogP) is 5.15. The van der Waals surface area contributed by atoms with Crippen LogP contribution in [0.15, 0.2) is 42.5 Å². The van der Waals surface area contributed by atoms with E-state index in [-0.39, 0.29) is 24.0 Å². The lowest BCUT2D eigenvalue weighted by Crippen LogP contribution is -2.33. The van der Waals surface area contributed by atoms with E-state index in [9.17, 15) is 14.4 Å². The third-order valence-corrected chi connectivity index (χ3v) is 6.22. The average Bonchev–Trinajstić information content (AvgIpc) is 2.87. The summed E-state index contributed by atoms with van der Waals surface area (Å²) < 4.78 is 10.4. The number of hydrogen-bond donors (Lipinski definition) is 1. The van der Waals surface area contributed by atoms with Crippen LogP contribution in [0.5, 0.6) is 5.75 Å². The largest absolute Gasteiger partial charge is 0.462 e. The Labute approximate surface area is 207 Å². The fourth-order valence-corrected chi connectivity index (χ4v) is 4.60. The minimum absolute atomic E-state index is 0.0461. The van der Waals surface area contributed by atoms with E-state index in [1.807, 2.05) is 6.07 Å². The summed E-state index contributed by atoms with van der Waals surface area (Å²) >= 11 is 0. The van der Waals surface area contributed by atoms with Gasteiger partial charge in [0.05, 0.1) is 12.6 Å². The molecule has 2 aromatic carbocycles. The summed E-state index contributed by atoms with van der Waals surface area (Å²) in [5.41, 5.74) is 3.14. The molecular weight excluding hydrogens is 444 g/mol. The number of hydrogen-bond acceptors (Lipinski definition) is 7. The van der Waals surface area contributed by atoms with Gasteiger partial charge in [0.25, 0.3) is 0 Å². The number of piperidine rings is 1. The second kappa shape index (κ2) is 13.0. The van der Waals surface area contributed by atoms with Crippen molar-refractivity contribution in [1.29, 1.82) is 0 Å². The van der Waals surface area contributed by atoms with Gasteiger partial charge in [-0.3, -0.25) is 10.1 Å². The molecule has 0 bridgehead atoms. The molecule has 1 N–H and O–H groups in total. The number of esters is 2. The highest BCUT2D eigenvalue weighted by atomic mass is 16.5. The van der Waals surface area contributed by atoms with Crippen molar-refractivity contribution in [2.24, 2.45) is 0 Å². The molecule has 0 amide bonds. The summed E-state index contributed by atoms with van der Waals surface area (Å²) in [6, 6.07) is 12.5. The number of anilines is 1. The van der Waals surface area contributed by atoms with Crippen LogP contribution in [0.3, 0.4) is 0 Å².